The van der Waals surface area contributed by atoms with Gasteiger partial charge in [0.05, 0.1) is 37.9 Å². The molecule has 0 fully saturated rings. The number of fused-ring (bicyclic) bond motifs is 3. The zero-order valence-electron chi connectivity index (χ0n) is 13.3. The van der Waals surface area contributed by atoms with Crippen LogP contribution in [0.25, 0.3) is 16.8 Å². The van der Waals surface area contributed by atoms with Gasteiger partial charge in [-0.25, -0.2) is 4.79 Å². The summed E-state index contributed by atoms with van der Waals surface area (Å²) >= 11 is 0. The molecule has 1 heterocycles. The van der Waals surface area contributed by atoms with E-state index in [4.69, 9.17) is 4.74 Å². The van der Waals surface area contributed by atoms with Crippen molar-refractivity contribution in [1.82, 2.24) is 0 Å². The first kappa shape index (κ1) is 15.9. The van der Waals surface area contributed by atoms with E-state index in [-0.39, 0.29) is 12.2 Å². The Morgan fingerprint density at radius 1 is 1.21 bits per heavy atom. The molecule has 0 radical (unpaired) electrons. The Morgan fingerprint density at radius 3 is 2.67 bits per heavy atom. The van der Waals surface area contributed by atoms with Gasteiger partial charge in [-0.2, -0.15) is 0 Å². The largest absolute Gasteiger partial charge is 0.506 e. The average Bonchev–Trinajstić information content (AvgIpc) is 2.60. The molecule has 0 spiro atoms. The summed E-state index contributed by atoms with van der Waals surface area (Å²) in [7, 11) is 2.57. The third kappa shape index (κ3) is 2.67. The molecule has 1 aliphatic rings. The van der Waals surface area contributed by atoms with E-state index in [0.29, 0.717) is 16.8 Å². The number of nitrogens with one attached hydrogen (secondary N) is 1. The van der Waals surface area contributed by atoms with Gasteiger partial charge in [0.15, 0.2) is 0 Å². The molecule has 2 aromatic rings. The van der Waals surface area contributed by atoms with Crippen LogP contribution in [0, 0.1) is 0 Å². The smallest absolute Gasteiger partial charge is 0.335 e. The molecule has 24 heavy (non-hydrogen) atoms. The molecule has 0 saturated heterocycles. The maximum absolute atomic E-state index is 12.1. The number of rotatable bonds is 3. The van der Waals surface area contributed by atoms with E-state index in [0.717, 1.165) is 10.8 Å². The molecule has 0 saturated carbocycles. The number of carbonyl (C=O) groups is 2. The van der Waals surface area contributed by atoms with Crippen LogP contribution in [0.15, 0.2) is 35.9 Å². The van der Waals surface area contributed by atoms with Crippen molar-refractivity contribution in [1.29, 1.82) is 0 Å². The van der Waals surface area contributed by atoms with Crippen LogP contribution in [0.5, 0.6) is 5.75 Å². The van der Waals surface area contributed by atoms with E-state index < -0.39 is 18.0 Å². The van der Waals surface area contributed by atoms with Crippen molar-refractivity contribution in [2.24, 2.45) is 0 Å². The molecule has 0 aromatic heterocycles. The highest BCUT2D eigenvalue weighted by Crippen LogP contribution is 2.40. The molecule has 3 rings (SSSR count). The lowest BCUT2D eigenvalue weighted by Gasteiger charge is -2.27. The predicted molar refractivity (Wildman–Crippen MR) is 89.6 cm³/mol. The summed E-state index contributed by atoms with van der Waals surface area (Å²) in [6, 6.07) is 8.54. The Morgan fingerprint density at radius 2 is 1.96 bits per heavy atom. The first-order chi connectivity index (χ1) is 11.5. The molecule has 124 valence electrons. The topological polar surface area (TPSA) is 84.9 Å². The van der Waals surface area contributed by atoms with Gasteiger partial charge >= 0.3 is 11.9 Å². The lowest BCUT2D eigenvalue weighted by Crippen LogP contribution is -2.32. The van der Waals surface area contributed by atoms with Crippen molar-refractivity contribution >= 4 is 34.5 Å². The van der Waals surface area contributed by atoms with Gasteiger partial charge in [-0.15, -0.1) is 0 Å². The van der Waals surface area contributed by atoms with Gasteiger partial charge in [0, 0.05) is 5.56 Å². The van der Waals surface area contributed by atoms with Crippen LogP contribution in [-0.2, 0) is 19.1 Å². The number of esters is 2. The fourth-order valence-corrected chi connectivity index (χ4v) is 2.90. The van der Waals surface area contributed by atoms with Crippen LogP contribution in [0.3, 0.4) is 0 Å². The third-order valence-corrected chi connectivity index (χ3v) is 4.08. The maximum Gasteiger partial charge on any atom is 0.335 e. The minimum Gasteiger partial charge on any atom is -0.506 e. The zero-order chi connectivity index (χ0) is 17.3. The van der Waals surface area contributed by atoms with Crippen molar-refractivity contribution in [3.05, 3.63) is 41.5 Å². The normalized spacial score (nSPS) is 15.9. The third-order valence-electron chi connectivity index (χ3n) is 4.08. The van der Waals surface area contributed by atoms with Crippen LogP contribution in [0.4, 0.5) is 5.69 Å². The number of anilines is 1. The van der Waals surface area contributed by atoms with Crippen molar-refractivity contribution in [3.63, 3.8) is 0 Å². The Kier molecular flexibility index (Phi) is 4.12. The Bertz CT molecular complexity index is 856. The van der Waals surface area contributed by atoms with Crippen LogP contribution < -0.4 is 5.32 Å². The van der Waals surface area contributed by atoms with Crippen molar-refractivity contribution < 1.29 is 24.2 Å². The molecule has 0 bridgehead atoms. The highest BCUT2D eigenvalue weighted by atomic mass is 16.5. The summed E-state index contributed by atoms with van der Waals surface area (Å²) in [6.45, 7) is 0. The Hall–Kier alpha value is -3.02. The molecule has 0 aliphatic carbocycles. The van der Waals surface area contributed by atoms with Crippen LogP contribution in [0.1, 0.15) is 12.0 Å². The number of aromatic hydroxyl groups is 1. The highest BCUT2D eigenvalue weighted by molar-refractivity contribution is 6.06. The number of hydrogen-bond acceptors (Lipinski definition) is 6. The van der Waals surface area contributed by atoms with Crippen molar-refractivity contribution in [2.75, 3.05) is 19.5 Å². The Labute approximate surface area is 138 Å². The quantitative estimate of drug-likeness (QED) is 0.665. The van der Waals surface area contributed by atoms with E-state index in [1.165, 1.54) is 14.2 Å². The van der Waals surface area contributed by atoms with Gasteiger partial charge in [-0.1, -0.05) is 24.3 Å². The number of benzene rings is 2. The number of phenols is 1. The molecule has 2 N–H and O–H groups in total. The molecule has 1 unspecified atom stereocenters. The fourth-order valence-electron chi connectivity index (χ4n) is 2.90. The van der Waals surface area contributed by atoms with Gasteiger partial charge in [0.2, 0.25) is 0 Å². The van der Waals surface area contributed by atoms with Crippen LogP contribution in [0.2, 0.25) is 0 Å². The lowest BCUT2D eigenvalue weighted by molar-refractivity contribution is -0.140. The van der Waals surface area contributed by atoms with Gasteiger partial charge in [0.25, 0.3) is 0 Å². The number of methoxy groups -OCH3 is 2. The second-order valence-corrected chi connectivity index (χ2v) is 5.47. The molecule has 6 nitrogen and oxygen atoms in total. The van der Waals surface area contributed by atoms with E-state index >= 15 is 0 Å². The van der Waals surface area contributed by atoms with Crippen LogP contribution >= 0.6 is 0 Å². The summed E-state index contributed by atoms with van der Waals surface area (Å²) in [5.41, 5.74) is 1.48. The average molecular weight is 327 g/mol. The van der Waals surface area contributed by atoms with Gasteiger partial charge in [-0.05, 0) is 22.9 Å². The summed E-state index contributed by atoms with van der Waals surface area (Å²) in [5, 5.41) is 15.1. The number of carbonyl (C=O) groups excluding carboxylic acids is 2. The summed E-state index contributed by atoms with van der Waals surface area (Å²) in [4.78, 5) is 23.8. The van der Waals surface area contributed by atoms with Crippen molar-refractivity contribution in [2.45, 2.75) is 12.5 Å². The van der Waals surface area contributed by atoms with Gasteiger partial charge in [0.1, 0.15) is 5.75 Å². The van der Waals surface area contributed by atoms with Crippen molar-refractivity contribution in [3.8, 4) is 5.75 Å². The molecular weight excluding hydrogens is 310 g/mol. The standard InChI is InChI=1S/C18H17NO5/c1-23-16(21)9-14-13(18(22)24-2)8-12-11-6-4-3-5-10(11)7-15(20)17(12)19-14/h3-8,14,19-20H,9H2,1-2H3. The fraction of sp³-hybridized carbons (Fsp3) is 0.222. The van der Waals surface area contributed by atoms with E-state index in [2.05, 4.69) is 10.1 Å². The maximum atomic E-state index is 12.1. The van der Waals surface area contributed by atoms with Gasteiger partial charge < -0.3 is 19.9 Å². The molecule has 0 amide bonds. The second kappa shape index (κ2) is 6.23. The molecule has 6 heteroatoms. The monoisotopic (exact) mass is 327 g/mol. The number of hydrogen-bond donors (Lipinski definition) is 2. The van der Waals surface area contributed by atoms with E-state index in [9.17, 15) is 14.7 Å². The SMILES string of the molecule is COC(=O)CC1Nc2c(O)cc3ccccc3c2C=C1C(=O)OC. The predicted octanol–water partition coefficient (Wildman–Crippen LogP) is 2.46. The van der Waals surface area contributed by atoms with E-state index in [1.54, 1.807) is 12.1 Å². The molecule has 1 aliphatic heterocycles. The summed E-state index contributed by atoms with van der Waals surface area (Å²) < 4.78 is 9.51. The first-order valence-corrected chi connectivity index (χ1v) is 7.43. The first-order valence-electron chi connectivity index (χ1n) is 7.43. The zero-order valence-corrected chi connectivity index (χ0v) is 13.3. The minimum absolute atomic E-state index is 0.0524. The van der Waals surface area contributed by atoms with Crippen LogP contribution in [-0.4, -0.2) is 37.3 Å². The van der Waals surface area contributed by atoms with E-state index in [1.807, 2.05) is 24.3 Å². The molecule has 1 atom stereocenters. The molecule has 2 aromatic carbocycles. The van der Waals surface area contributed by atoms with Gasteiger partial charge in [-0.3, -0.25) is 4.79 Å². The lowest BCUT2D eigenvalue weighted by atomic mass is 9.91. The second-order valence-electron chi connectivity index (χ2n) is 5.47. The number of phenolic OH excluding ortho intramolecular Hbond substituents is 1. The summed E-state index contributed by atoms with van der Waals surface area (Å²) in [5.74, 6) is -0.945. The minimum atomic E-state index is -0.635. The highest BCUT2D eigenvalue weighted by Gasteiger charge is 2.30. The molecular formula is C18H17NO5. The Balaban J connectivity index is 2.18. The number of ether oxygens (including phenoxy) is 2. The summed E-state index contributed by atoms with van der Waals surface area (Å²) in [6.07, 6.45) is 1.61.